The van der Waals surface area contributed by atoms with Crippen LogP contribution in [0.2, 0.25) is 0 Å². The van der Waals surface area contributed by atoms with E-state index < -0.39 is 10.0 Å². The van der Waals surface area contributed by atoms with E-state index >= 15 is 0 Å². The number of rotatable bonds is 7. The number of carbonyl (C=O) groups is 1. The van der Waals surface area contributed by atoms with Crippen LogP contribution in [0.1, 0.15) is 21.5 Å². The van der Waals surface area contributed by atoms with Gasteiger partial charge in [0.2, 0.25) is 0 Å². The summed E-state index contributed by atoms with van der Waals surface area (Å²) in [6, 6.07) is 27.5. The molecule has 182 valence electrons. The van der Waals surface area contributed by atoms with E-state index in [2.05, 4.69) is 5.32 Å². The molecule has 36 heavy (non-hydrogen) atoms. The van der Waals surface area contributed by atoms with Crippen LogP contribution >= 0.6 is 11.8 Å². The Kier molecular flexibility index (Phi) is 6.80. The third kappa shape index (κ3) is 5.01. The van der Waals surface area contributed by atoms with E-state index in [1.807, 2.05) is 48.5 Å². The number of hydrogen-bond donors (Lipinski definition) is 1. The van der Waals surface area contributed by atoms with Gasteiger partial charge in [-0.1, -0.05) is 60.3 Å². The Morgan fingerprint density at radius 1 is 0.917 bits per heavy atom. The minimum absolute atomic E-state index is 0.0486. The molecule has 0 fully saturated rings. The van der Waals surface area contributed by atoms with E-state index in [4.69, 9.17) is 0 Å². The van der Waals surface area contributed by atoms with Gasteiger partial charge in [0.15, 0.2) is 0 Å². The number of nitrogens with one attached hydrogen (secondary N) is 1. The highest BCUT2D eigenvalue weighted by Gasteiger charge is 2.31. The molecule has 8 heteroatoms. The lowest BCUT2D eigenvalue weighted by Crippen LogP contribution is -2.30. The minimum atomic E-state index is -3.88. The van der Waals surface area contributed by atoms with E-state index in [0.717, 1.165) is 16.0 Å². The molecule has 0 bridgehead atoms. The Labute approximate surface area is 214 Å². The van der Waals surface area contributed by atoms with Crippen LogP contribution in [0.25, 0.3) is 0 Å². The molecule has 0 radical (unpaired) electrons. The molecule has 1 amide bonds. The normalized spacial score (nSPS) is 12.9. The summed E-state index contributed by atoms with van der Waals surface area (Å²) < 4.78 is 42.0. The first-order valence-corrected chi connectivity index (χ1v) is 13.7. The number of amides is 1. The highest BCUT2D eigenvalue weighted by atomic mass is 32.2. The molecule has 0 atom stereocenters. The lowest BCUT2D eigenvalue weighted by molar-refractivity contribution is 0.0947. The van der Waals surface area contributed by atoms with Crippen molar-refractivity contribution in [2.24, 2.45) is 0 Å². The van der Waals surface area contributed by atoms with Crippen molar-refractivity contribution in [3.05, 3.63) is 120 Å². The number of benzene rings is 4. The van der Waals surface area contributed by atoms with Crippen molar-refractivity contribution >= 4 is 33.4 Å². The zero-order valence-electron chi connectivity index (χ0n) is 19.2. The average molecular weight is 519 g/mol. The van der Waals surface area contributed by atoms with Gasteiger partial charge in [-0.2, -0.15) is 0 Å². The van der Waals surface area contributed by atoms with Gasteiger partial charge in [-0.15, -0.1) is 0 Å². The van der Waals surface area contributed by atoms with Gasteiger partial charge in [0.25, 0.3) is 15.9 Å². The average Bonchev–Trinajstić information content (AvgIpc) is 3.34. The summed E-state index contributed by atoms with van der Waals surface area (Å²) >= 11 is 1.28. The van der Waals surface area contributed by atoms with Gasteiger partial charge in [0, 0.05) is 22.9 Å². The van der Waals surface area contributed by atoms with Crippen molar-refractivity contribution in [2.45, 2.75) is 27.7 Å². The molecule has 4 aromatic rings. The molecule has 0 saturated heterocycles. The van der Waals surface area contributed by atoms with E-state index in [-0.39, 0.29) is 22.2 Å². The monoisotopic (exact) mass is 518 g/mol. The molecule has 1 aliphatic heterocycles. The fourth-order valence-corrected chi connectivity index (χ4v) is 6.58. The second-order valence-electron chi connectivity index (χ2n) is 8.34. The van der Waals surface area contributed by atoms with E-state index in [1.54, 1.807) is 24.3 Å². The molecule has 1 aliphatic rings. The molecule has 0 unspecified atom stereocenters. The number of carbonyl (C=O) groups excluding carboxylic acids is 1. The van der Waals surface area contributed by atoms with Crippen LogP contribution in [0.15, 0.2) is 112 Å². The quantitative estimate of drug-likeness (QED) is 0.343. The number of para-hydroxylation sites is 1. The Morgan fingerprint density at radius 2 is 1.64 bits per heavy atom. The Hall–Kier alpha value is -3.62. The first-order chi connectivity index (χ1) is 17.4. The number of hydrogen-bond acceptors (Lipinski definition) is 4. The van der Waals surface area contributed by atoms with E-state index in [1.165, 1.54) is 40.3 Å². The lowest BCUT2D eigenvalue weighted by atomic mass is 10.2. The number of anilines is 1. The van der Waals surface area contributed by atoms with Gasteiger partial charge in [-0.25, -0.2) is 12.8 Å². The molecule has 0 saturated carbocycles. The second kappa shape index (κ2) is 10.2. The molecule has 5 rings (SSSR count). The van der Waals surface area contributed by atoms with Crippen LogP contribution in [-0.4, -0.2) is 20.9 Å². The molecule has 5 nitrogen and oxygen atoms in total. The largest absolute Gasteiger partial charge is 0.348 e. The zero-order chi connectivity index (χ0) is 25.1. The van der Waals surface area contributed by atoms with Crippen molar-refractivity contribution in [3.8, 4) is 0 Å². The highest BCUT2D eigenvalue weighted by Crippen LogP contribution is 2.36. The maximum absolute atomic E-state index is 13.6. The van der Waals surface area contributed by atoms with Crippen LogP contribution in [0.4, 0.5) is 10.1 Å². The first-order valence-electron chi connectivity index (χ1n) is 11.4. The highest BCUT2D eigenvalue weighted by molar-refractivity contribution is 7.99. The molecule has 0 aromatic heterocycles. The smallest absolute Gasteiger partial charge is 0.264 e. The summed E-state index contributed by atoms with van der Waals surface area (Å²) in [4.78, 5) is 14.6. The van der Waals surface area contributed by atoms with Crippen molar-refractivity contribution in [1.29, 1.82) is 0 Å². The summed E-state index contributed by atoms with van der Waals surface area (Å²) in [5.74, 6) is -0.741. The molecule has 0 aliphatic carbocycles. The summed E-state index contributed by atoms with van der Waals surface area (Å²) in [7, 11) is -3.88. The van der Waals surface area contributed by atoms with Crippen LogP contribution in [0, 0.1) is 5.82 Å². The van der Waals surface area contributed by atoms with Gasteiger partial charge >= 0.3 is 0 Å². The molecule has 0 spiro atoms. The van der Waals surface area contributed by atoms with Crippen molar-refractivity contribution in [3.63, 3.8) is 0 Å². The molecular formula is C28H23FN2O3S2. The number of nitrogens with zero attached hydrogens (tertiary/aromatic N) is 1. The fourth-order valence-electron chi connectivity index (χ4n) is 4.12. The third-order valence-corrected chi connectivity index (χ3v) is 8.86. The Morgan fingerprint density at radius 3 is 2.42 bits per heavy atom. The van der Waals surface area contributed by atoms with Crippen molar-refractivity contribution < 1.29 is 17.6 Å². The summed E-state index contributed by atoms with van der Waals surface area (Å²) in [6.07, 6.45) is 0.637. The molecule has 1 heterocycles. The second-order valence-corrected chi connectivity index (χ2v) is 11.3. The predicted octanol–water partition coefficient (Wildman–Crippen LogP) is 5.66. The standard InChI is InChI=1S/C28H23FN2O3S2/c29-22-10-12-23(13-11-22)35-27-15-14-24(18-25(27)28(32)30-19-20-6-2-1-3-7-20)36(33,34)31-17-16-21-8-4-5-9-26(21)31/h1-15,18H,16-17,19H2,(H,30,32). The Balaban J connectivity index is 1.49. The lowest BCUT2D eigenvalue weighted by Gasteiger charge is -2.20. The summed E-state index contributed by atoms with van der Waals surface area (Å²) in [5.41, 5.74) is 2.81. The molecule has 4 aromatic carbocycles. The maximum atomic E-state index is 13.6. The van der Waals surface area contributed by atoms with Crippen LogP contribution in [0.5, 0.6) is 0 Å². The number of fused-ring (bicyclic) bond motifs is 1. The van der Waals surface area contributed by atoms with E-state index in [9.17, 15) is 17.6 Å². The third-order valence-electron chi connectivity index (χ3n) is 5.97. The fraction of sp³-hybridized carbons (Fsp3) is 0.107. The predicted molar refractivity (Wildman–Crippen MR) is 139 cm³/mol. The summed E-state index contributed by atoms with van der Waals surface area (Å²) in [6.45, 7) is 0.653. The minimum Gasteiger partial charge on any atom is -0.348 e. The van der Waals surface area contributed by atoms with Crippen LogP contribution < -0.4 is 9.62 Å². The molecule has 1 N–H and O–H groups in total. The number of halogens is 1. The van der Waals surface area contributed by atoms with Crippen LogP contribution in [-0.2, 0) is 23.0 Å². The first kappa shape index (κ1) is 24.1. The van der Waals surface area contributed by atoms with Crippen molar-refractivity contribution in [1.82, 2.24) is 5.32 Å². The Bertz CT molecular complexity index is 1510. The number of sulfonamides is 1. The topological polar surface area (TPSA) is 66.5 Å². The van der Waals surface area contributed by atoms with Crippen LogP contribution in [0.3, 0.4) is 0 Å². The zero-order valence-corrected chi connectivity index (χ0v) is 20.9. The van der Waals surface area contributed by atoms with Gasteiger partial charge < -0.3 is 5.32 Å². The molecular weight excluding hydrogens is 495 g/mol. The van der Waals surface area contributed by atoms with E-state index in [0.29, 0.717) is 30.1 Å². The van der Waals surface area contributed by atoms with Gasteiger partial charge in [-0.05, 0) is 66.1 Å². The van der Waals surface area contributed by atoms with Gasteiger partial charge in [0.1, 0.15) is 5.82 Å². The summed E-state index contributed by atoms with van der Waals surface area (Å²) in [5, 5.41) is 2.89. The maximum Gasteiger partial charge on any atom is 0.264 e. The van der Waals surface area contributed by atoms with Crippen molar-refractivity contribution in [2.75, 3.05) is 10.8 Å². The SMILES string of the molecule is O=C(NCc1ccccc1)c1cc(S(=O)(=O)N2CCc3ccccc32)ccc1Sc1ccc(F)cc1. The van der Waals surface area contributed by atoms with Gasteiger partial charge in [0.05, 0.1) is 16.1 Å². The van der Waals surface area contributed by atoms with Gasteiger partial charge in [-0.3, -0.25) is 9.10 Å².